The summed E-state index contributed by atoms with van der Waals surface area (Å²) in [6, 6.07) is 0. The SMILES string of the molecule is [B]C1NC(=O)C(C)=C1OS. The van der Waals surface area contributed by atoms with Crippen molar-refractivity contribution in [2.24, 2.45) is 0 Å². The van der Waals surface area contributed by atoms with Crippen LogP contribution >= 0.6 is 12.9 Å². The molecule has 1 heterocycles. The molecule has 0 aromatic heterocycles. The van der Waals surface area contributed by atoms with Crippen molar-refractivity contribution in [1.29, 1.82) is 0 Å². The van der Waals surface area contributed by atoms with Gasteiger partial charge in [0.05, 0.1) is 5.57 Å². The highest BCUT2D eigenvalue weighted by molar-refractivity contribution is 7.75. The van der Waals surface area contributed by atoms with Crippen LogP contribution in [0.5, 0.6) is 0 Å². The third-order valence-electron chi connectivity index (χ3n) is 1.38. The van der Waals surface area contributed by atoms with Crippen LogP contribution in [0, 0.1) is 0 Å². The quantitative estimate of drug-likeness (QED) is 0.311. The van der Waals surface area contributed by atoms with E-state index in [0.29, 0.717) is 11.3 Å². The van der Waals surface area contributed by atoms with Gasteiger partial charge in [-0.15, -0.1) is 0 Å². The minimum atomic E-state index is -0.537. The van der Waals surface area contributed by atoms with Crippen LogP contribution in [0.2, 0.25) is 0 Å². The summed E-state index contributed by atoms with van der Waals surface area (Å²) in [4.78, 5) is 10.8. The second-order valence-corrected chi connectivity index (χ2v) is 2.21. The molecular weight excluding hydrogens is 149 g/mol. The fourth-order valence-electron chi connectivity index (χ4n) is 0.785. The summed E-state index contributed by atoms with van der Waals surface area (Å²) in [5, 5.41) is 2.46. The van der Waals surface area contributed by atoms with Gasteiger partial charge in [0, 0.05) is 18.9 Å². The minimum absolute atomic E-state index is 0.198. The highest BCUT2D eigenvalue weighted by atomic mass is 32.1. The molecule has 1 aliphatic rings. The lowest BCUT2D eigenvalue weighted by atomic mass is 9.96. The maximum absolute atomic E-state index is 10.8. The first-order valence-electron chi connectivity index (χ1n) is 2.75. The lowest BCUT2D eigenvalue weighted by Crippen LogP contribution is -2.28. The van der Waals surface area contributed by atoms with E-state index in [2.05, 4.69) is 22.4 Å². The molecule has 52 valence electrons. The number of carbonyl (C=O) groups excluding carboxylic acids is 1. The van der Waals surface area contributed by atoms with Gasteiger partial charge in [-0.1, -0.05) is 0 Å². The summed E-state index contributed by atoms with van der Waals surface area (Å²) in [6.45, 7) is 1.63. The zero-order valence-corrected chi connectivity index (χ0v) is 6.31. The van der Waals surface area contributed by atoms with Crippen LogP contribution in [-0.4, -0.2) is 19.7 Å². The molecule has 0 saturated heterocycles. The van der Waals surface area contributed by atoms with E-state index in [1.807, 2.05) is 0 Å². The predicted molar refractivity (Wildman–Crippen MR) is 40.5 cm³/mol. The largest absolute Gasteiger partial charge is 0.432 e. The number of amides is 1. The maximum Gasteiger partial charge on any atom is 0.250 e. The standard InChI is InChI=1S/C5H6BNO2S/c1-2-3(9-10)4(6)7-5(2)8/h4,10H,1H3,(H,7,8). The molecule has 0 aromatic rings. The fraction of sp³-hybridized carbons (Fsp3) is 0.400. The summed E-state index contributed by atoms with van der Waals surface area (Å²) >= 11 is 3.54. The summed E-state index contributed by atoms with van der Waals surface area (Å²) in [5.41, 5.74) is 0.488. The maximum atomic E-state index is 10.8. The summed E-state index contributed by atoms with van der Waals surface area (Å²) in [6.07, 6.45) is 0. The van der Waals surface area contributed by atoms with Crippen molar-refractivity contribution in [2.45, 2.75) is 12.9 Å². The first kappa shape index (κ1) is 7.53. The van der Waals surface area contributed by atoms with Crippen LogP contribution in [0.15, 0.2) is 11.3 Å². The normalized spacial score (nSPS) is 25.0. The van der Waals surface area contributed by atoms with Gasteiger partial charge < -0.3 is 9.50 Å². The van der Waals surface area contributed by atoms with Gasteiger partial charge in [0.15, 0.2) is 0 Å². The third kappa shape index (κ3) is 1.01. The fourth-order valence-corrected chi connectivity index (χ4v) is 1.04. The molecule has 5 heteroatoms. The Morgan fingerprint density at radius 3 is 2.60 bits per heavy atom. The van der Waals surface area contributed by atoms with Crippen molar-refractivity contribution in [3.8, 4) is 0 Å². The van der Waals surface area contributed by atoms with Gasteiger partial charge in [-0.05, 0) is 6.92 Å². The molecule has 0 saturated carbocycles. The van der Waals surface area contributed by atoms with E-state index < -0.39 is 5.94 Å². The molecule has 1 aliphatic heterocycles. The number of carbonyl (C=O) groups is 1. The van der Waals surface area contributed by atoms with Gasteiger partial charge in [0.25, 0.3) is 0 Å². The van der Waals surface area contributed by atoms with E-state index in [1.54, 1.807) is 6.92 Å². The Labute approximate surface area is 65.8 Å². The summed E-state index contributed by atoms with van der Waals surface area (Å²) in [5.74, 6) is -0.338. The molecule has 0 aromatic carbocycles. The van der Waals surface area contributed by atoms with E-state index in [-0.39, 0.29) is 5.91 Å². The van der Waals surface area contributed by atoms with E-state index in [1.165, 1.54) is 0 Å². The number of hydrogen-bond acceptors (Lipinski definition) is 3. The topological polar surface area (TPSA) is 38.3 Å². The van der Waals surface area contributed by atoms with E-state index in [0.717, 1.165) is 0 Å². The van der Waals surface area contributed by atoms with E-state index in [9.17, 15) is 4.79 Å². The van der Waals surface area contributed by atoms with E-state index >= 15 is 0 Å². The van der Waals surface area contributed by atoms with Gasteiger partial charge >= 0.3 is 0 Å². The minimum Gasteiger partial charge on any atom is -0.432 e. The van der Waals surface area contributed by atoms with Gasteiger partial charge in [-0.2, -0.15) is 0 Å². The predicted octanol–water partition coefficient (Wildman–Crippen LogP) is -0.254. The van der Waals surface area contributed by atoms with E-state index in [4.69, 9.17) is 7.85 Å². The van der Waals surface area contributed by atoms with Crippen molar-refractivity contribution in [1.82, 2.24) is 5.32 Å². The molecule has 0 spiro atoms. The van der Waals surface area contributed by atoms with Crippen LogP contribution in [0.1, 0.15) is 6.92 Å². The highest BCUT2D eigenvalue weighted by Gasteiger charge is 2.25. The Bertz CT molecular complexity index is 204. The molecular formula is C5H6BNO2S. The molecule has 1 amide bonds. The monoisotopic (exact) mass is 155 g/mol. The molecule has 1 rings (SSSR count). The zero-order valence-electron chi connectivity index (χ0n) is 5.42. The Kier molecular flexibility index (Phi) is 1.94. The van der Waals surface area contributed by atoms with Crippen molar-refractivity contribution in [2.75, 3.05) is 0 Å². The lowest BCUT2D eigenvalue weighted by Gasteiger charge is -2.05. The third-order valence-corrected chi connectivity index (χ3v) is 1.57. The average Bonchev–Trinajstić information content (AvgIpc) is 2.09. The second kappa shape index (κ2) is 2.58. The smallest absolute Gasteiger partial charge is 0.250 e. The molecule has 2 radical (unpaired) electrons. The second-order valence-electron chi connectivity index (χ2n) is 2.03. The Hall–Kier alpha value is -0.575. The molecule has 10 heavy (non-hydrogen) atoms. The van der Waals surface area contributed by atoms with Crippen molar-refractivity contribution < 1.29 is 8.98 Å². The van der Waals surface area contributed by atoms with Gasteiger partial charge in [-0.25, -0.2) is 0 Å². The Morgan fingerprint density at radius 2 is 2.40 bits per heavy atom. The first-order valence-corrected chi connectivity index (χ1v) is 3.12. The highest BCUT2D eigenvalue weighted by Crippen LogP contribution is 2.16. The molecule has 3 nitrogen and oxygen atoms in total. The van der Waals surface area contributed by atoms with Crippen LogP contribution in [0.4, 0.5) is 0 Å². The van der Waals surface area contributed by atoms with Crippen LogP contribution in [-0.2, 0) is 8.98 Å². The number of hydrogen-bond donors (Lipinski definition) is 2. The van der Waals surface area contributed by atoms with Gasteiger partial charge in [-0.3, -0.25) is 4.79 Å². The summed E-state index contributed by atoms with van der Waals surface area (Å²) in [7, 11) is 5.41. The zero-order chi connectivity index (χ0) is 7.72. The van der Waals surface area contributed by atoms with Crippen molar-refractivity contribution in [3.05, 3.63) is 11.3 Å². The number of rotatable bonds is 1. The summed E-state index contributed by atoms with van der Waals surface area (Å²) < 4.78 is 4.57. The van der Waals surface area contributed by atoms with Crippen LogP contribution in [0.3, 0.4) is 0 Å². The molecule has 0 aliphatic carbocycles. The first-order chi connectivity index (χ1) is 4.66. The lowest BCUT2D eigenvalue weighted by molar-refractivity contribution is -0.116. The van der Waals surface area contributed by atoms with Crippen LogP contribution in [0.25, 0.3) is 0 Å². The van der Waals surface area contributed by atoms with Crippen LogP contribution < -0.4 is 5.32 Å². The van der Waals surface area contributed by atoms with Gasteiger partial charge in [0.2, 0.25) is 5.91 Å². The molecule has 1 N–H and O–H groups in total. The van der Waals surface area contributed by atoms with Gasteiger partial charge in [0.1, 0.15) is 13.6 Å². The number of thiol groups is 1. The molecule has 0 fully saturated rings. The molecule has 0 bridgehead atoms. The Balaban J connectivity index is 2.90. The number of nitrogens with one attached hydrogen (secondary N) is 1. The Morgan fingerprint density at radius 1 is 1.80 bits per heavy atom. The van der Waals surface area contributed by atoms with Crippen molar-refractivity contribution >= 4 is 26.7 Å². The average molecular weight is 155 g/mol. The van der Waals surface area contributed by atoms with Crippen molar-refractivity contribution in [3.63, 3.8) is 0 Å². The molecule has 1 unspecified atom stereocenters. The molecule has 1 atom stereocenters.